The smallest absolute Gasteiger partial charge is 0.239 e. The molecule has 0 saturated carbocycles. The van der Waals surface area contributed by atoms with Gasteiger partial charge in [-0.25, -0.2) is 0 Å². The maximum Gasteiger partial charge on any atom is 0.239 e. The fourth-order valence-electron chi connectivity index (χ4n) is 3.03. The molecule has 2 heterocycles. The topological polar surface area (TPSA) is 41.6 Å². The summed E-state index contributed by atoms with van der Waals surface area (Å²) in [7, 11) is 0. The van der Waals surface area contributed by atoms with E-state index in [0.717, 1.165) is 38.1 Å². The third-order valence-electron chi connectivity index (χ3n) is 4.08. The number of likely N-dealkylation sites (tertiary alicyclic amines) is 1. The molecule has 2 unspecified atom stereocenters. The van der Waals surface area contributed by atoms with Gasteiger partial charge in [-0.3, -0.25) is 4.79 Å². The lowest BCUT2D eigenvalue weighted by molar-refractivity contribution is -0.130. The Balaban J connectivity index is 1.54. The molecule has 20 heavy (non-hydrogen) atoms. The molecule has 1 aromatic carbocycles. The van der Waals surface area contributed by atoms with E-state index in [1.165, 1.54) is 5.56 Å². The highest BCUT2D eigenvalue weighted by Crippen LogP contribution is 2.29. The summed E-state index contributed by atoms with van der Waals surface area (Å²) in [5.74, 6) is 1.21. The maximum atomic E-state index is 12.3. The quantitative estimate of drug-likeness (QED) is 0.886. The van der Waals surface area contributed by atoms with Crippen molar-refractivity contribution >= 4 is 5.91 Å². The molecule has 1 aromatic rings. The molecule has 1 fully saturated rings. The molecular weight excluding hydrogens is 252 g/mol. The van der Waals surface area contributed by atoms with Gasteiger partial charge < -0.3 is 15.0 Å². The van der Waals surface area contributed by atoms with Gasteiger partial charge in [0.25, 0.3) is 0 Å². The first-order valence-corrected chi connectivity index (χ1v) is 7.54. The van der Waals surface area contributed by atoms with Crippen molar-refractivity contribution in [3.63, 3.8) is 0 Å². The molecule has 0 radical (unpaired) electrons. The summed E-state index contributed by atoms with van der Waals surface area (Å²) in [6, 6.07) is 8.15. The zero-order chi connectivity index (χ0) is 13.9. The minimum absolute atomic E-state index is 0.0127. The number of nitrogens with zero attached hydrogens (tertiary/aromatic N) is 1. The van der Waals surface area contributed by atoms with E-state index in [-0.39, 0.29) is 18.1 Å². The van der Waals surface area contributed by atoms with Crippen LogP contribution < -0.4 is 10.1 Å². The Kier molecular flexibility index (Phi) is 3.92. The second-order valence-electron chi connectivity index (χ2n) is 5.63. The van der Waals surface area contributed by atoms with Crippen molar-refractivity contribution in [1.82, 2.24) is 10.2 Å². The van der Waals surface area contributed by atoms with Crippen LogP contribution in [0.2, 0.25) is 0 Å². The van der Waals surface area contributed by atoms with Crippen molar-refractivity contribution < 1.29 is 9.53 Å². The Morgan fingerprint density at radius 2 is 2.25 bits per heavy atom. The van der Waals surface area contributed by atoms with Gasteiger partial charge in [-0.1, -0.05) is 25.1 Å². The van der Waals surface area contributed by atoms with E-state index in [4.69, 9.17) is 4.74 Å². The van der Waals surface area contributed by atoms with Crippen LogP contribution in [-0.4, -0.2) is 42.6 Å². The molecule has 2 aliphatic rings. The molecule has 4 nitrogen and oxygen atoms in total. The number of nitrogens with one attached hydrogen (secondary N) is 1. The van der Waals surface area contributed by atoms with Crippen LogP contribution >= 0.6 is 0 Å². The predicted octanol–water partition coefficient (Wildman–Crippen LogP) is 1.59. The standard InChI is InChI=1S/C16H22N2O2/c1-2-8-17-14-7-9-18(16(14)19)11-13-10-12-5-3-4-6-15(12)20-13/h3-6,13-14,17H,2,7-11H2,1H3. The number of ether oxygens (including phenoxy) is 1. The van der Waals surface area contributed by atoms with Crippen LogP contribution in [0.4, 0.5) is 0 Å². The summed E-state index contributed by atoms with van der Waals surface area (Å²) < 4.78 is 5.92. The van der Waals surface area contributed by atoms with E-state index in [1.807, 2.05) is 23.1 Å². The van der Waals surface area contributed by atoms with Gasteiger partial charge >= 0.3 is 0 Å². The molecule has 1 N–H and O–H groups in total. The molecule has 3 rings (SSSR count). The molecule has 1 saturated heterocycles. The van der Waals surface area contributed by atoms with Crippen LogP contribution in [0.5, 0.6) is 5.75 Å². The monoisotopic (exact) mass is 274 g/mol. The number of para-hydroxylation sites is 1. The zero-order valence-corrected chi connectivity index (χ0v) is 12.0. The number of hydrogen-bond acceptors (Lipinski definition) is 3. The van der Waals surface area contributed by atoms with Gasteiger partial charge in [-0.05, 0) is 31.0 Å². The normalized spacial score (nSPS) is 24.9. The average molecular weight is 274 g/mol. The highest BCUT2D eigenvalue weighted by atomic mass is 16.5. The largest absolute Gasteiger partial charge is 0.488 e. The van der Waals surface area contributed by atoms with Gasteiger partial charge in [0.2, 0.25) is 5.91 Å². The van der Waals surface area contributed by atoms with Crippen LogP contribution in [-0.2, 0) is 11.2 Å². The SMILES string of the molecule is CCCNC1CCN(CC2Cc3ccccc3O2)C1=O. The fraction of sp³-hybridized carbons (Fsp3) is 0.562. The molecule has 2 aliphatic heterocycles. The van der Waals surface area contributed by atoms with Gasteiger partial charge in [0.15, 0.2) is 0 Å². The first-order valence-electron chi connectivity index (χ1n) is 7.54. The average Bonchev–Trinajstić information content (AvgIpc) is 3.01. The van der Waals surface area contributed by atoms with Gasteiger partial charge in [-0.15, -0.1) is 0 Å². The van der Waals surface area contributed by atoms with Gasteiger partial charge in [0, 0.05) is 13.0 Å². The zero-order valence-electron chi connectivity index (χ0n) is 12.0. The maximum absolute atomic E-state index is 12.3. The minimum Gasteiger partial charge on any atom is -0.488 e. The summed E-state index contributed by atoms with van der Waals surface area (Å²) in [5, 5.41) is 3.32. The Morgan fingerprint density at radius 1 is 1.40 bits per heavy atom. The number of fused-ring (bicyclic) bond motifs is 1. The van der Waals surface area contributed by atoms with Crippen LogP contribution in [0.1, 0.15) is 25.3 Å². The molecule has 4 heteroatoms. The molecule has 0 aliphatic carbocycles. The van der Waals surface area contributed by atoms with Crippen LogP contribution in [0.15, 0.2) is 24.3 Å². The third-order valence-corrected chi connectivity index (χ3v) is 4.08. The first kappa shape index (κ1) is 13.4. The van der Waals surface area contributed by atoms with Gasteiger partial charge in [0.05, 0.1) is 12.6 Å². The lowest BCUT2D eigenvalue weighted by atomic mass is 10.1. The number of carbonyl (C=O) groups is 1. The minimum atomic E-state index is 0.0127. The Hall–Kier alpha value is -1.55. The molecule has 108 valence electrons. The number of rotatable bonds is 5. The van der Waals surface area contributed by atoms with Crippen molar-refractivity contribution in [3.8, 4) is 5.75 Å². The Morgan fingerprint density at radius 3 is 3.05 bits per heavy atom. The van der Waals surface area contributed by atoms with Gasteiger partial charge in [0.1, 0.15) is 11.9 Å². The molecular formula is C16H22N2O2. The van der Waals surface area contributed by atoms with Crippen LogP contribution in [0.25, 0.3) is 0 Å². The summed E-state index contributed by atoms with van der Waals surface area (Å²) in [6.45, 7) is 4.58. The number of benzene rings is 1. The highest BCUT2D eigenvalue weighted by Gasteiger charge is 2.34. The number of carbonyl (C=O) groups excluding carboxylic acids is 1. The molecule has 1 amide bonds. The second-order valence-corrected chi connectivity index (χ2v) is 5.63. The molecule has 2 atom stereocenters. The van der Waals surface area contributed by atoms with Crippen molar-refractivity contribution in [1.29, 1.82) is 0 Å². The fourth-order valence-corrected chi connectivity index (χ4v) is 3.03. The summed E-state index contributed by atoms with van der Waals surface area (Å²) >= 11 is 0. The number of amides is 1. The predicted molar refractivity (Wildman–Crippen MR) is 77.8 cm³/mol. The molecule has 0 bridgehead atoms. The first-order chi connectivity index (χ1) is 9.78. The van der Waals surface area contributed by atoms with E-state index in [2.05, 4.69) is 18.3 Å². The summed E-state index contributed by atoms with van der Waals surface area (Å²) in [5.41, 5.74) is 1.25. The third kappa shape index (κ3) is 2.66. The number of hydrogen-bond donors (Lipinski definition) is 1. The van der Waals surface area contributed by atoms with Crippen molar-refractivity contribution in [3.05, 3.63) is 29.8 Å². The molecule has 0 aromatic heterocycles. The van der Waals surface area contributed by atoms with E-state index >= 15 is 0 Å². The Labute approximate surface area is 120 Å². The second kappa shape index (κ2) is 5.83. The van der Waals surface area contributed by atoms with Crippen molar-refractivity contribution in [2.24, 2.45) is 0 Å². The summed E-state index contributed by atoms with van der Waals surface area (Å²) in [6.07, 6.45) is 3.00. The molecule has 0 spiro atoms. The Bertz CT molecular complexity index is 464. The van der Waals surface area contributed by atoms with Crippen LogP contribution in [0.3, 0.4) is 0 Å². The summed E-state index contributed by atoms with van der Waals surface area (Å²) in [4.78, 5) is 14.2. The lowest BCUT2D eigenvalue weighted by Gasteiger charge is -2.21. The highest BCUT2D eigenvalue weighted by molar-refractivity contribution is 5.84. The van der Waals surface area contributed by atoms with E-state index in [1.54, 1.807) is 0 Å². The van der Waals surface area contributed by atoms with Crippen molar-refractivity contribution in [2.45, 2.75) is 38.3 Å². The van der Waals surface area contributed by atoms with Gasteiger partial charge in [-0.2, -0.15) is 0 Å². The van der Waals surface area contributed by atoms with Crippen LogP contribution in [0, 0.1) is 0 Å². The van der Waals surface area contributed by atoms with Crippen molar-refractivity contribution in [2.75, 3.05) is 19.6 Å². The van der Waals surface area contributed by atoms with E-state index in [9.17, 15) is 4.79 Å². The van der Waals surface area contributed by atoms with E-state index in [0.29, 0.717) is 6.54 Å². The van der Waals surface area contributed by atoms with E-state index < -0.39 is 0 Å². The lowest BCUT2D eigenvalue weighted by Crippen LogP contribution is -2.42.